The third-order valence-electron chi connectivity index (χ3n) is 12.3. The van der Waals surface area contributed by atoms with Crippen LogP contribution in [0.15, 0.2) is 109 Å². The van der Waals surface area contributed by atoms with Gasteiger partial charge in [0.1, 0.15) is 36.5 Å². The van der Waals surface area contributed by atoms with Gasteiger partial charge in [-0.15, -0.1) is 0 Å². The minimum Gasteiger partial charge on any atom is -0.364 e. The highest BCUT2D eigenvalue weighted by Crippen LogP contribution is 2.68. The summed E-state index contributed by atoms with van der Waals surface area (Å²) in [7, 11) is 0. The summed E-state index contributed by atoms with van der Waals surface area (Å²) in [6.07, 6.45) is 0.273. The van der Waals surface area contributed by atoms with Crippen LogP contribution in [0.5, 0.6) is 0 Å². The van der Waals surface area contributed by atoms with Gasteiger partial charge in [-0.2, -0.15) is 0 Å². The molecule has 4 N–H and O–H groups in total. The van der Waals surface area contributed by atoms with Crippen molar-refractivity contribution in [1.29, 1.82) is 0 Å². The van der Waals surface area contributed by atoms with E-state index in [1.165, 1.54) is 0 Å². The largest absolute Gasteiger partial charge is 0.364 e. The number of carbonyl (C=O) groups is 4. The molecule has 6 aliphatic heterocycles. The second-order valence-corrected chi connectivity index (χ2v) is 14.6. The van der Waals surface area contributed by atoms with Crippen molar-refractivity contribution in [3.8, 4) is 0 Å². The number of piperazine rings is 2. The maximum absolute atomic E-state index is 14.6. The molecule has 0 unspecified atom stereocenters. The minimum absolute atomic E-state index is 0.134. The van der Waals surface area contributed by atoms with Crippen molar-refractivity contribution in [1.82, 2.24) is 20.4 Å². The van der Waals surface area contributed by atoms with Crippen LogP contribution in [0.1, 0.15) is 35.1 Å². The number of nitrogens with zero attached hydrogens (tertiary/aromatic N) is 2. The molecule has 0 aromatic heterocycles. The van der Waals surface area contributed by atoms with Crippen LogP contribution in [0.25, 0.3) is 0 Å². The van der Waals surface area contributed by atoms with Gasteiger partial charge in [0.25, 0.3) is 0 Å². The standard InChI is InChI=1S/C40H36N6O4/c47-33-31-21-39(25-15-7-9-17-27(25)43-37(39)45(31)35(49)29(41-33)19-23-11-3-1-4-12-23)40-22-32-34(48)42-30(20-24-13-5-2-6-14-24)36(50)46(32)38(40)44-28-18-10-8-16-26(28)40/h1-18,29-32,37-38,43-44H,19-22H2,(H,41,47)(H,42,48)/t29-,30-,31-,32-,37+,38+,39-,40+/m1/s1. The summed E-state index contributed by atoms with van der Waals surface area (Å²) in [4.78, 5) is 61.2. The van der Waals surface area contributed by atoms with Crippen LogP contribution in [0.2, 0.25) is 0 Å². The molecule has 0 bridgehead atoms. The first-order chi connectivity index (χ1) is 24.4. The van der Waals surface area contributed by atoms with Crippen LogP contribution in [-0.2, 0) is 42.8 Å². The Morgan fingerprint density at radius 3 is 1.30 bits per heavy atom. The number of nitrogens with one attached hydrogen (secondary N) is 4. The zero-order valence-corrected chi connectivity index (χ0v) is 27.2. The summed E-state index contributed by atoms with van der Waals surface area (Å²) in [6, 6.07) is 32.8. The van der Waals surface area contributed by atoms with E-state index in [2.05, 4.69) is 33.4 Å². The third kappa shape index (κ3) is 3.73. The van der Waals surface area contributed by atoms with E-state index in [0.29, 0.717) is 25.7 Å². The van der Waals surface area contributed by atoms with E-state index in [9.17, 15) is 19.2 Å². The number of amides is 4. The lowest BCUT2D eigenvalue weighted by molar-refractivity contribution is -0.149. The number of hydrogen-bond acceptors (Lipinski definition) is 6. The van der Waals surface area contributed by atoms with Crippen molar-refractivity contribution in [2.45, 2.75) is 73.0 Å². The van der Waals surface area contributed by atoms with Gasteiger partial charge in [-0.3, -0.25) is 19.2 Å². The van der Waals surface area contributed by atoms with Gasteiger partial charge in [-0.1, -0.05) is 97.1 Å². The lowest BCUT2D eigenvalue weighted by Crippen LogP contribution is -2.67. The number of benzene rings is 4. The first-order valence-electron chi connectivity index (χ1n) is 17.5. The summed E-state index contributed by atoms with van der Waals surface area (Å²) in [5, 5.41) is 13.6. The lowest BCUT2D eigenvalue weighted by atomic mass is 9.54. The molecule has 4 aromatic rings. The van der Waals surface area contributed by atoms with Crippen molar-refractivity contribution in [3.63, 3.8) is 0 Å². The molecule has 10 nitrogen and oxygen atoms in total. The molecule has 10 heteroatoms. The molecule has 8 atom stereocenters. The highest BCUT2D eigenvalue weighted by atomic mass is 16.2. The molecule has 0 radical (unpaired) electrons. The van der Waals surface area contributed by atoms with Crippen LogP contribution in [0.4, 0.5) is 11.4 Å². The molecule has 10 rings (SSSR count). The van der Waals surface area contributed by atoms with E-state index in [1.54, 1.807) is 9.80 Å². The predicted octanol–water partition coefficient (Wildman–Crippen LogP) is 3.05. The highest BCUT2D eigenvalue weighted by molar-refractivity contribution is 6.01. The van der Waals surface area contributed by atoms with Crippen LogP contribution < -0.4 is 21.3 Å². The molecule has 0 aliphatic carbocycles. The average molecular weight is 665 g/mol. The second-order valence-electron chi connectivity index (χ2n) is 14.6. The Balaban J connectivity index is 1.13. The number of carbonyl (C=O) groups excluding carboxylic acids is 4. The van der Waals surface area contributed by atoms with Gasteiger partial charge in [-0.25, -0.2) is 0 Å². The quantitative estimate of drug-likeness (QED) is 0.260. The number of rotatable bonds is 5. The summed E-state index contributed by atoms with van der Waals surface area (Å²) >= 11 is 0. The van der Waals surface area contributed by atoms with Crippen LogP contribution >= 0.6 is 0 Å². The molecule has 0 spiro atoms. The maximum atomic E-state index is 14.6. The molecular formula is C40H36N6O4. The third-order valence-corrected chi connectivity index (χ3v) is 12.3. The van der Waals surface area contributed by atoms with Gasteiger partial charge >= 0.3 is 0 Å². The van der Waals surface area contributed by atoms with Crippen molar-refractivity contribution in [2.24, 2.45) is 0 Å². The number of hydrogen-bond donors (Lipinski definition) is 4. The molecule has 6 heterocycles. The monoisotopic (exact) mass is 664 g/mol. The predicted molar refractivity (Wildman–Crippen MR) is 186 cm³/mol. The molecule has 6 aliphatic rings. The van der Waals surface area contributed by atoms with Crippen molar-refractivity contribution in [3.05, 3.63) is 131 Å². The van der Waals surface area contributed by atoms with Gasteiger partial charge in [0.2, 0.25) is 23.6 Å². The van der Waals surface area contributed by atoms with E-state index in [4.69, 9.17) is 0 Å². The number of fused-ring (bicyclic) bond motifs is 11. The van der Waals surface area contributed by atoms with E-state index in [-0.39, 0.29) is 23.6 Å². The fraction of sp³-hybridized carbons (Fsp3) is 0.300. The van der Waals surface area contributed by atoms with Gasteiger partial charge in [-0.05, 0) is 47.2 Å². The lowest BCUT2D eigenvalue weighted by Gasteiger charge is -2.48. The molecule has 4 fully saturated rings. The van der Waals surface area contributed by atoms with Crippen molar-refractivity contribution in [2.75, 3.05) is 10.6 Å². The Bertz CT molecular complexity index is 1940. The van der Waals surface area contributed by atoms with Crippen molar-refractivity contribution < 1.29 is 19.2 Å². The fourth-order valence-electron chi connectivity index (χ4n) is 10.4. The molecule has 4 saturated heterocycles. The Morgan fingerprint density at radius 2 is 0.880 bits per heavy atom. The smallest absolute Gasteiger partial charge is 0.247 e. The minimum atomic E-state index is -0.861. The van der Waals surface area contributed by atoms with Gasteiger partial charge < -0.3 is 31.1 Å². The normalized spacial score (nSPS) is 32.9. The number of para-hydroxylation sites is 2. The van der Waals surface area contributed by atoms with E-state index >= 15 is 0 Å². The Morgan fingerprint density at radius 1 is 0.500 bits per heavy atom. The van der Waals surface area contributed by atoms with Gasteiger partial charge in [0.05, 0.1) is 10.8 Å². The van der Waals surface area contributed by atoms with Crippen LogP contribution in [0.3, 0.4) is 0 Å². The summed E-state index contributed by atoms with van der Waals surface area (Å²) in [5.41, 5.74) is 4.00. The highest BCUT2D eigenvalue weighted by Gasteiger charge is 2.78. The Kier molecular flexibility index (Phi) is 6.11. The SMILES string of the molecule is O=C1N[C@H](Cc2ccccc2)C(=O)N2[C@@H]1C[C@]1([C@@]34C[C@@H]5C(=O)N[C@H](Cc6ccccc6)C(=O)N5[C@@H]3Nc3ccccc34)c3ccccc3N[C@@H]21. The van der Waals surface area contributed by atoms with Gasteiger partial charge in [0.15, 0.2) is 0 Å². The first kappa shape index (κ1) is 29.3. The van der Waals surface area contributed by atoms with E-state index < -0.39 is 47.3 Å². The molecule has 250 valence electrons. The molecule has 4 amide bonds. The summed E-state index contributed by atoms with van der Waals surface area (Å²) in [6.45, 7) is 0. The van der Waals surface area contributed by atoms with E-state index in [0.717, 1.165) is 33.6 Å². The molecule has 4 aromatic carbocycles. The zero-order chi connectivity index (χ0) is 33.8. The maximum Gasteiger partial charge on any atom is 0.247 e. The summed E-state index contributed by atoms with van der Waals surface area (Å²) in [5.74, 6) is -0.632. The number of anilines is 2. The molecule has 0 saturated carbocycles. The van der Waals surface area contributed by atoms with Crippen LogP contribution in [-0.4, -0.2) is 69.9 Å². The fourth-order valence-corrected chi connectivity index (χ4v) is 10.4. The van der Waals surface area contributed by atoms with Crippen molar-refractivity contribution >= 4 is 35.0 Å². The molecular weight excluding hydrogens is 628 g/mol. The van der Waals surface area contributed by atoms with Crippen LogP contribution in [0, 0.1) is 0 Å². The topological polar surface area (TPSA) is 123 Å². The summed E-state index contributed by atoms with van der Waals surface area (Å²) < 4.78 is 0. The zero-order valence-electron chi connectivity index (χ0n) is 27.2. The Hall–Kier alpha value is -5.64. The average Bonchev–Trinajstić information content (AvgIpc) is 3.85. The van der Waals surface area contributed by atoms with Gasteiger partial charge in [0, 0.05) is 24.2 Å². The van der Waals surface area contributed by atoms with E-state index in [1.807, 2.05) is 97.1 Å². The second kappa shape index (κ2) is 10.4. The molecule has 50 heavy (non-hydrogen) atoms. The Labute approximate surface area is 289 Å². The first-order valence-corrected chi connectivity index (χ1v) is 17.5.